The van der Waals surface area contributed by atoms with Crippen LogP contribution in [0.1, 0.15) is 22.8 Å². The van der Waals surface area contributed by atoms with E-state index in [-0.39, 0.29) is 10.6 Å². The fraction of sp³-hybridized carbons (Fsp3) is 0.125. The number of rotatable bonds is 4. The first-order valence-corrected chi connectivity index (χ1v) is 8.60. The van der Waals surface area contributed by atoms with Gasteiger partial charge in [0.2, 0.25) is 5.91 Å². The molecule has 0 aliphatic heterocycles. The second-order valence-corrected chi connectivity index (χ2v) is 6.87. The molecule has 0 aliphatic rings. The molecule has 6 nitrogen and oxygen atoms in total. The fourth-order valence-electron chi connectivity index (χ4n) is 2.09. The molecule has 2 aromatic rings. The summed E-state index contributed by atoms with van der Waals surface area (Å²) in [5.74, 6) is -1.76. The van der Waals surface area contributed by atoms with Gasteiger partial charge in [-0.3, -0.25) is 9.59 Å². The molecule has 0 atom stereocenters. The van der Waals surface area contributed by atoms with Gasteiger partial charge in [0.1, 0.15) is 0 Å². The van der Waals surface area contributed by atoms with Crippen LogP contribution < -0.4 is 10.0 Å². The molecule has 2 amide bonds. The highest BCUT2D eigenvalue weighted by Crippen LogP contribution is 2.32. The number of amides is 2. The zero-order valence-electron chi connectivity index (χ0n) is 13.3. The van der Waals surface area contributed by atoms with Crippen molar-refractivity contribution < 1.29 is 31.2 Å². The van der Waals surface area contributed by atoms with Gasteiger partial charge >= 0.3 is 6.18 Å². The Morgan fingerprint density at radius 3 is 2.08 bits per heavy atom. The maximum absolute atomic E-state index is 13.0. The third-order valence-corrected chi connectivity index (χ3v) is 4.63. The number of halogens is 3. The van der Waals surface area contributed by atoms with Crippen LogP contribution in [0.2, 0.25) is 0 Å². The molecular formula is C16H13F3N2O4S. The van der Waals surface area contributed by atoms with Crippen molar-refractivity contribution in [2.45, 2.75) is 18.0 Å². The van der Waals surface area contributed by atoms with Crippen molar-refractivity contribution in [2.24, 2.45) is 0 Å². The zero-order valence-corrected chi connectivity index (χ0v) is 14.1. The van der Waals surface area contributed by atoms with Crippen molar-refractivity contribution in [1.82, 2.24) is 4.72 Å². The standard InChI is InChI=1S/C16H13F3N2O4S/c1-10(22)21-26(24,25)12-8-6-11(7-9-12)20-15(23)13-4-2-3-5-14(13)16(17,18)19/h2-9H,1H3,(H,20,23)(H,21,22). The summed E-state index contributed by atoms with van der Waals surface area (Å²) in [6.45, 7) is 1.03. The molecule has 0 unspecified atom stereocenters. The first-order valence-electron chi connectivity index (χ1n) is 7.12. The van der Waals surface area contributed by atoms with E-state index in [2.05, 4.69) is 5.32 Å². The fourth-order valence-corrected chi connectivity index (χ4v) is 3.08. The van der Waals surface area contributed by atoms with E-state index in [0.717, 1.165) is 31.2 Å². The number of carbonyl (C=O) groups is 2. The van der Waals surface area contributed by atoms with Crippen LogP contribution >= 0.6 is 0 Å². The Bertz CT molecular complexity index is 939. The van der Waals surface area contributed by atoms with E-state index in [1.807, 2.05) is 0 Å². The first kappa shape index (κ1) is 19.4. The van der Waals surface area contributed by atoms with Crippen LogP contribution in [0, 0.1) is 0 Å². The lowest BCUT2D eigenvalue weighted by Crippen LogP contribution is -2.28. The summed E-state index contributed by atoms with van der Waals surface area (Å²) < 4.78 is 64.2. The Labute approximate surface area is 147 Å². The van der Waals surface area contributed by atoms with Gasteiger partial charge in [0, 0.05) is 12.6 Å². The third kappa shape index (κ3) is 4.60. The van der Waals surface area contributed by atoms with Gasteiger partial charge in [-0.25, -0.2) is 13.1 Å². The summed E-state index contributed by atoms with van der Waals surface area (Å²) in [4.78, 5) is 22.8. The van der Waals surface area contributed by atoms with E-state index in [0.29, 0.717) is 0 Å². The van der Waals surface area contributed by atoms with Crippen molar-refractivity contribution in [3.8, 4) is 0 Å². The number of sulfonamides is 1. The van der Waals surface area contributed by atoms with Crippen LogP contribution in [0.4, 0.5) is 18.9 Å². The minimum Gasteiger partial charge on any atom is -0.322 e. The van der Waals surface area contributed by atoms with E-state index in [1.54, 1.807) is 4.72 Å². The van der Waals surface area contributed by atoms with Gasteiger partial charge in [-0.15, -0.1) is 0 Å². The Hall–Kier alpha value is -2.88. The largest absolute Gasteiger partial charge is 0.417 e. The molecule has 0 saturated heterocycles. The van der Waals surface area contributed by atoms with Gasteiger partial charge in [-0.2, -0.15) is 13.2 Å². The minimum atomic E-state index is -4.69. The summed E-state index contributed by atoms with van der Waals surface area (Å²) in [7, 11) is -4.04. The number of alkyl halides is 3. The highest BCUT2D eigenvalue weighted by Gasteiger charge is 2.34. The van der Waals surface area contributed by atoms with Crippen LogP contribution in [0.15, 0.2) is 53.4 Å². The predicted octanol–water partition coefficient (Wildman–Crippen LogP) is 2.78. The third-order valence-electron chi connectivity index (χ3n) is 3.18. The van der Waals surface area contributed by atoms with Crippen LogP contribution in [-0.4, -0.2) is 20.2 Å². The molecule has 0 saturated carbocycles. The Morgan fingerprint density at radius 1 is 0.962 bits per heavy atom. The summed E-state index contributed by atoms with van der Waals surface area (Å²) in [5.41, 5.74) is -1.55. The molecule has 0 aliphatic carbocycles. The van der Waals surface area contributed by atoms with Gasteiger partial charge in [-0.1, -0.05) is 12.1 Å². The van der Waals surface area contributed by atoms with E-state index in [9.17, 15) is 31.2 Å². The van der Waals surface area contributed by atoms with Crippen LogP contribution in [0.5, 0.6) is 0 Å². The molecule has 2 aromatic carbocycles. The maximum Gasteiger partial charge on any atom is 0.417 e. The highest BCUT2D eigenvalue weighted by atomic mass is 32.2. The molecule has 2 N–H and O–H groups in total. The van der Waals surface area contributed by atoms with Gasteiger partial charge in [0.05, 0.1) is 16.0 Å². The number of hydrogen-bond acceptors (Lipinski definition) is 4. The Kier molecular flexibility index (Phi) is 5.36. The second kappa shape index (κ2) is 7.16. The lowest BCUT2D eigenvalue weighted by molar-refractivity contribution is -0.137. The van der Waals surface area contributed by atoms with E-state index in [4.69, 9.17) is 0 Å². The van der Waals surface area contributed by atoms with E-state index < -0.39 is 39.1 Å². The van der Waals surface area contributed by atoms with Gasteiger partial charge in [0.25, 0.3) is 15.9 Å². The van der Waals surface area contributed by atoms with E-state index in [1.165, 1.54) is 24.3 Å². The number of anilines is 1. The lowest BCUT2D eigenvalue weighted by atomic mass is 10.1. The van der Waals surface area contributed by atoms with Crippen molar-refractivity contribution in [1.29, 1.82) is 0 Å². The smallest absolute Gasteiger partial charge is 0.322 e. The predicted molar refractivity (Wildman–Crippen MR) is 86.8 cm³/mol. The van der Waals surface area contributed by atoms with Gasteiger partial charge in [0.15, 0.2) is 0 Å². The SMILES string of the molecule is CC(=O)NS(=O)(=O)c1ccc(NC(=O)c2ccccc2C(F)(F)F)cc1. The summed E-state index contributed by atoms with van der Waals surface area (Å²) in [6.07, 6.45) is -4.69. The maximum atomic E-state index is 13.0. The second-order valence-electron chi connectivity index (χ2n) is 5.18. The molecule has 0 aromatic heterocycles. The summed E-state index contributed by atoms with van der Waals surface area (Å²) in [5, 5.41) is 2.27. The van der Waals surface area contributed by atoms with Crippen LogP contribution in [0.3, 0.4) is 0 Å². The minimum absolute atomic E-state index is 0.0914. The lowest BCUT2D eigenvalue weighted by Gasteiger charge is -2.13. The zero-order chi connectivity index (χ0) is 19.5. The van der Waals surface area contributed by atoms with Crippen molar-refractivity contribution in [3.63, 3.8) is 0 Å². The molecule has 2 rings (SSSR count). The normalized spacial score (nSPS) is 11.7. The molecule has 138 valence electrons. The quantitative estimate of drug-likeness (QED) is 0.845. The number of hydrogen-bond donors (Lipinski definition) is 2. The highest BCUT2D eigenvalue weighted by molar-refractivity contribution is 7.90. The molecule has 10 heteroatoms. The number of benzene rings is 2. The molecule has 0 heterocycles. The van der Waals surface area contributed by atoms with Crippen LogP contribution in [0.25, 0.3) is 0 Å². The average molecular weight is 386 g/mol. The molecule has 0 radical (unpaired) electrons. The molecular weight excluding hydrogens is 373 g/mol. The van der Waals surface area contributed by atoms with Gasteiger partial charge in [-0.05, 0) is 36.4 Å². The van der Waals surface area contributed by atoms with E-state index >= 15 is 0 Å². The molecule has 0 spiro atoms. The number of carbonyl (C=O) groups excluding carboxylic acids is 2. The van der Waals surface area contributed by atoms with Crippen LogP contribution in [-0.2, 0) is 21.0 Å². The Balaban J connectivity index is 2.23. The molecule has 0 fully saturated rings. The first-order chi connectivity index (χ1) is 12.0. The summed E-state index contributed by atoms with van der Waals surface area (Å²) in [6, 6.07) is 8.90. The Morgan fingerprint density at radius 2 is 1.54 bits per heavy atom. The molecule has 26 heavy (non-hydrogen) atoms. The van der Waals surface area contributed by atoms with Crippen molar-refractivity contribution >= 4 is 27.5 Å². The molecule has 0 bridgehead atoms. The summed E-state index contributed by atoms with van der Waals surface area (Å²) >= 11 is 0. The average Bonchev–Trinajstić information content (AvgIpc) is 2.53. The van der Waals surface area contributed by atoms with Crippen molar-refractivity contribution in [2.75, 3.05) is 5.32 Å². The topological polar surface area (TPSA) is 92.3 Å². The number of nitrogens with one attached hydrogen (secondary N) is 2. The monoisotopic (exact) mass is 386 g/mol. The van der Waals surface area contributed by atoms with Gasteiger partial charge < -0.3 is 5.32 Å². The van der Waals surface area contributed by atoms with Crippen molar-refractivity contribution in [3.05, 3.63) is 59.7 Å².